The van der Waals surface area contributed by atoms with E-state index in [0.717, 1.165) is 18.0 Å². The van der Waals surface area contributed by atoms with Gasteiger partial charge in [0, 0.05) is 25.4 Å². The van der Waals surface area contributed by atoms with Crippen molar-refractivity contribution in [3.8, 4) is 5.75 Å². The maximum atomic E-state index is 12.3. The Bertz CT molecular complexity index is 540. The molecule has 0 saturated carbocycles. The van der Waals surface area contributed by atoms with Crippen LogP contribution in [0.2, 0.25) is 0 Å². The molecule has 1 amide bonds. The van der Waals surface area contributed by atoms with Gasteiger partial charge in [-0.25, -0.2) is 0 Å². The molecule has 0 unspecified atom stereocenters. The summed E-state index contributed by atoms with van der Waals surface area (Å²) in [7, 11) is 1.56. The molecular formula is C20H32N2O3. The van der Waals surface area contributed by atoms with Crippen LogP contribution in [0.3, 0.4) is 0 Å². The summed E-state index contributed by atoms with van der Waals surface area (Å²) in [6.45, 7) is 8.84. The number of hydrogen-bond donors (Lipinski definition) is 1. The molecule has 5 nitrogen and oxygen atoms in total. The lowest BCUT2D eigenvalue weighted by molar-refractivity contribution is -0.136. The molecule has 1 aliphatic heterocycles. The molecule has 2 rings (SSSR count). The van der Waals surface area contributed by atoms with E-state index < -0.39 is 5.60 Å². The highest BCUT2D eigenvalue weighted by Gasteiger charge is 2.30. The summed E-state index contributed by atoms with van der Waals surface area (Å²) >= 11 is 0. The van der Waals surface area contributed by atoms with E-state index in [-0.39, 0.29) is 5.91 Å². The Kier molecular flexibility index (Phi) is 7.26. The van der Waals surface area contributed by atoms with Crippen LogP contribution in [0.15, 0.2) is 24.3 Å². The summed E-state index contributed by atoms with van der Waals surface area (Å²) in [5, 5.41) is 2.90. The number of carbonyl (C=O) groups excluding carboxylic acids is 1. The Morgan fingerprint density at radius 3 is 2.64 bits per heavy atom. The molecule has 0 spiro atoms. The minimum atomic E-state index is -0.805. The van der Waals surface area contributed by atoms with Crippen LogP contribution in [0.1, 0.15) is 46.5 Å². The molecule has 0 aliphatic carbocycles. The quantitative estimate of drug-likeness (QED) is 0.778. The first-order valence-electron chi connectivity index (χ1n) is 9.32. The van der Waals surface area contributed by atoms with Gasteiger partial charge in [0.05, 0.1) is 0 Å². The van der Waals surface area contributed by atoms with Crippen molar-refractivity contribution in [1.29, 1.82) is 0 Å². The zero-order valence-corrected chi connectivity index (χ0v) is 16.0. The Labute approximate surface area is 151 Å². The monoisotopic (exact) mass is 348 g/mol. The van der Waals surface area contributed by atoms with Crippen LogP contribution >= 0.6 is 0 Å². The zero-order chi connectivity index (χ0) is 18.3. The number of likely N-dealkylation sites (tertiary alicyclic amines) is 1. The number of piperidine rings is 1. The van der Waals surface area contributed by atoms with Gasteiger partial charge in [0.15, 0.2) is 0 Å². The highest BCUT2D eigenvalue weighted by atomic mass is 16.5. The molecule has 2 atom stereocenters. The van der Waals surface area contributed by atoms with Crippen LogP contribution in [0.5, 0.6) is 5.75 Å². The molecule has 1 heterocycles. The molecule has 0 aromatic heterocycles. The highest BCUT2D eigenvalue weighted by Crippen LogP contribution is 2.20. The van der Waals surface area contributed by atoms with Crippen LogP contribution in [0, 0.1) is 0 Å². The van der Waals surface area contributed by atoms with Crippen molar-refractivity contribution >= 4 is 11.6 Å². The van der Waals surface area contributed by atoms with E-state index in [4.69, 9.17) is 9.47 Å². The second kappa shape index (κ2) is 9.20. The van der Waals surface area contributed by atoms with E-state index in [1.165, 1.54) is 25.8 Å². The number of nitrogens with one attached hydrogen (secondary N) is 1. The molecule has 0 radical (unpaired) electrons. The number of rotatable bonds is 8. The van der Waals surface area contributed by atoms with E-state index >= 15 is 0 Å². The minimum Gasteiger partial charge on any atom is -0.492 e. The average Bonchev–Trinajstić information content (AvgIpc) is 2.64. The third-order valence-corrected chi connectivity index (χ3v) is 5.31. The number of benzene rings is 1. The number of ether oxygens (including phenoxy) is 2. The summed E-state index contributed by atoms with van der Waals surface area (Å²) in [5.74, 6) is 0.693. The Morgan fingerprint density at radius 2 is 2.04 bits per heavy atom. The van der Waals surface area contributed by atoms with E-state index in [2.05, 4.69) is 17.1 Å². The zero-order valence-electron chi connectivity index (χ0n) is 16.0. The van der Waals surface area contributed by atoms with Gasteiger partial charge in [-0.05, 0) is 63.9 Å². The number of hydrogen-bond acceptors (Lipinski definition) is 4. The van der Waals surface area contributed by atoms with Crippen molar-refractivity contribution in [2.24, 2.45) is 0 Å². The fourth-order valence-electron chi connectivity index (χ4n) is 3.07. The molecule has 1 N–H and O–H groups in total. The van der Waals surface area contributed by atoms with Gasteiger partial charge in [-0.15, -0.1) is 0 Å². The largest absolute Gasteiger partial charge is 0.492 e. The Hall–Kier alpha value is -1.59. The predicted octanol–water partition coefficient (Wildman–Crippen LogP) is 3.69. The smallest absolute Gasteiger partial charge is 0.256 e. The lowest BCUT2D eigenvalue weighted by Gasteiger charge is -2.33. The summed E-state index contributed by atoms with van der Waals surface area (Å²) in [5.41, 5.74) is -0.0564. The molecule has 140 valence electrons. The minimum absolute atomic E-state index is 0.134. The number of nitrogens with zero attached hydrogens (tertiary/aromatic N) is 1. The maximum absolute atomic E-state index is 12.3. The average molecular weight is 348 g/mol. The SMILES string of the molecule is CC[C@](C)(OC)C(=O)Nc1ccc(OCCN2CCCC[C@@H]2C)cc1. The molecule has 0 bridgehead atoms. The van der Waals surface area contributed by atoms with Crippen LogP contribution < -0.4 is 10.1 Å². The van der Waals surface area contributed by atoms with Gasteiger partial charge < -0.3 is 14.8 Å². The van der Waals surface area contributed by atoms with E-state index in [1.807, 2.05) is 31.2 Å². The molecular weight excluding hydrogens is 316 g/mol. The maximum Gasteiger partial charge on any atom is 0.256 e. The van der Waals surface area contributed by atoms with Crippen LogP contribution in [-0.2, 0) is 9.53 Å². The molecule has 1 aliphatic rings. The second-order valence-corrected chi connectivity index (χ2v) is 7.00. The van der Waals surface area contributed by atoms with Crippen molar-refractivity contribution in [1.82, 2.24) is 4.90 Å². The van der Waals surface area contributed by atoms with Gasteiger partial charge in [-0.2, -0.15) is 0 Å². The summed E-state index contributed by atoms with van der Waals surface area (Å²) in [4.78, 5) is 14.8. The summed E-state index contributed by atoms with van der Waals surface area (Å²) < 4.78 is 11.2. The molecule has 1 aromatic rings. The van der Waals surface area contributed by atoms with E-state index in [1.54, 1.807) is 14.0 Å². The first-order chi connectivity index (χ1) is 12.0. The second-order valence-electron chi connectivity index (χ2n) is 7.00. The van der Waals surface area contributed by atoms with Crippen molar-refractivity contribution in [2.75, 3.05) is 32.1 Å². The first-order valence-corrected chi connectivity index (χ1v) is 9.32. The van der Waals surface area contributed by atoms with Crippen molar-refractivity contribution in [2.45, 2.75) is 58.1 Å². The van der Waals surface area contributed by atoms with Crippen LogP contribution in [0.4, 0.5) is 5.69 Å². The molecule has 5 heteroatoms. The Balaban J connectivity index is 1.80. The molecule has 1 saturated heterocycles. The fraction of sp³-hybridized carbons (Fsp3) is 0.650. The van der Waals surface area contributed by atoms with Crippen molar-refractivity contribution in [3.63, 3.8) is 0 Å². The molecule has 1 aromatic carbocycles. The number of amides is 1. The first kappa shape index (κ1) is 19.7. The number of carbonyl (C=O) groups is 1. The summed E-state index contributed by atoms with van der Waals surface area (Å²) in [6.07, 6.45) is 4.53. The molecule has 25 heavy (non-hydrogen) atoms. The van der Waals surface area contributed by atoms with Gasteiger partial charge in [0.1, 0.15) is 18.0 Å². The van der Waals surface area contributed by atoms with Crippen LogP contribution in [-0.4, -0.2) is 49.3 Å². The third-order valence-electron chi connectivity index (χ3n) is 5.31. The number of methoxy groups -OCH3 is 1. The number of anilines is 1. The van der Waals surface area contributed by atoms with Crippen LogP contribution in [0.25, 0.3) is 0 Å². The van der Waals surface area contributed by atoms with Gasteiger partial charge >= 0.3 is 0 Å². The Morgan fingerprint density at radius 1 is 1.32 bits per heavy atom. The predicted molar refractivity (Wildman–Crippen MR) is 101 cm³/mol. The fourth-order valence-corrected chi connectivity index (χ4v) is 3.07. The van der Waals surface area contributed by atoms with E-state index in [9.17, 15) is 4.79 Å². The lowest BCUT2D eigenvalue weighted by Crippen LogP contribution is -2.41. The van der Waals surface area contributed by atoms with Gasteiger partial charge in [0.2, 0.25) is 0 Å². The summed E-state index contributed by atoms with van der Waals surface area (Å²) in [6, 6.07) is 8.17. The normalized spacial score (nSPS) is 20.7. The molecule has 1 fully saturated rings. The van der Waals surface area contributed by atoms with Gasteiger partial charge in [-0.3, -0.25) is 9.69 Å². The topological polar surface area (TPSA) is 50.8 Å². The van der Waals surface area contributed by atoms with Crippen molar-refractivity contribution in [3.05, 3.63) is 24.3 Å². The van der Waals surface area contributed by atoms with Gasteiger partial charge in [-0.1, -0.05) is 13.3 Å². The lowest BCUT2D eigenvalue weighted by atomic mass is 10.0. The van der Waals surface area contributed by atoms with Crippen molar-refractivity contribution < 1.29 is 14.3 Å². The third kappa shape index (κ3) is 5.44. The highest BCUT2D eigenvalue weighted by molar-refractivity contribution is 5.97. The van der Waals surface area contributed by atoms with E-state index in [0.29, 0.717) is 19.1 Å². The standard InChI is InChI=1S/C20H32N2O3/c1-5-20(3,24-4)19(23)21-17-9-11-18(12-10-17)25-15-14-22-13-7-6-8-16(22)2/h9-12,16H,5-8,13-15H2,1-4H3,(H,21,23)/t16-,20-/m0/s1. The van der Waals surface area contributed by atoms with Gasteiger partial charge in [0.25, 0.3) is 5.91 Å².